The van der Waals surface area contributed by atoms with Crippen LogP contribution in [0.3, 0.4) is 0 Å². The summed E-state index contributed by atoms with van der Waals surface area (Å²) in [6, 6.07) is 0. The maximum atomic E-state index is 11.9. The van der Waals surface area contributed by atoms with Gasteiger partial charge in [-0.25, -0.2) is 0 Å². The average molecular weight is 165 g/mol. The van der Waals surface area contributed by atoms with Crippen molar-refractivity contribution in [1.82, 2.24) is 0 Å². The van der Waals surface area contributed by atoms with Crippen molar-refractivity contribution in [3.8, 4) is 0 Å². The van der Waals surface area contributed by atoms with E-state index in [1.54, 1.807) is 0 Å². The van der Waals surface area contributed by atoms with Crippen molar-refractivity contribution in [2.24, 2.45) is 4.99 Å². The Morgan fingerprint density at radius 3 is 1.82 bits per heavy atom. The van der Waals surface area contributed by atoms with Crippen LogP contribution in [0.4, 0.5) is 13.2 Å². The van der Waals surface area contributed by atoms with Crippen LogP contribution in [0.15, 0.2) is 16.8 Å². The molecule has 0 aliphatic rings. The molecule has 0 aliphatic heterocycles. The second-order valence-corrected chi connectivity index (χ2v) is 2.23. The van der Waals surface area contributed by atoms with E-state index in [9.17, 15) is 13.2 Å². The zero-order chi connectivity index (χ0) is 9.07. The molecule has 0 atom stereocenters. The summed E-state index contributed by atoms with van der Waals surface area (Å²) in [4.78, 5) is 3.32. The maximum absolute atomic E-state index is 11.9. The third kappa shape index (κ3) is 3.80. The average Bonchev–Trinajstić information content (AvgIpc) is 1.79. The molecule has 0 aromatic carbocycles. The molecule has 0 spiro atoms. The van der Waals surface area contributed by atoms with Crippen LogP contribution < -0.4 is 0 Å². The Labute approximate surface area is 63.6 Å². The fourth-order valence-corrected chi connectivity index (χ4v) is 0.533. The molecule has 64 valence electrons. The van der Waals surface area contributed by atoms with Crippen LogP contribution >= 0.6 is 0 Å². The lowest BCUT2D eigenvalue weighted by atomic mass is 10.4. The fourth-order valence-electron chi connectivity index (χ4n) is 0.533. The van der Waals surface area contributed by atoms with Gasteiger partial charge in [0.25, 0.3) is 0 Å². The van der Waals surface area contributed by atoms with E-state index in [-0.39, 0.29) is 0 Å². The molecule has 0 saturated carbocycles. The van der Waals surface area contributed by atoms with Crippen molar-refractivity contribution < 1.29 is 13.2 Å². The van der Waals surface area contributed by atoms with Gasteiger partial charge in [0, 0.05) is 5.71 Å². The molecular formula is C7H10F3N. The molecule has 0 aromatic rings. The van der Waals surface area contributed by atoms with Crippen molar-refractivity contribution in [3.63, 3.8) is 0 Å². The molecule has 1 nitrogen and oxygen atoms in total. The summed E-state index contributed by atoms with van der Waals surface area (Å²) in [6.45, 7) is 4.36. The molecule has 0 aliphatic carbocycles. The van der Waals surface area contributed by atoms with Gasteiger partial charge < -0.3 is 0 Å². The van der Waals surface area contributed by atoms with Gasteiger partial charge in [-0.05, 0) is 20.8 Å². The molecule has 11 heavy (non-hydrogen) atoms. The monoisotopic (exact) mass is 165 g/mol. The topological polar surface area (TPSA) is 12.4 Å². The number of rotatable bonds is 1. The highest BCUT2D eigenvalue weighted by Crippen LogP contribution is 2.26. The zero-order valence-electron chi connectivity index (χ0n) is 6.66. The molecule has 0 radical (unpaired) electrons. The van der Waals surface area contributed by atoms with Crippen molar-refractivity contribution in [2.45, 2.75) is 26.9 Å². The molecule has 0 fully saturated rings. The number of alkyl halides is 3. The Hall–Kier alpha value is -0.800. The fraction of sp³-hybridized carbons (Fsp3) is 0.571. The molecule has 0 amide bonds. The normalized spacial score (nSPS) is 13.1. The summed E-state index contributed by atoms with van der Waals surface area (Å²) in [6.07, 6.45) is -3.38. The number of nitrogens with zero attached hydrogens (tertiary/aromatic N) is 1. The van der Waals surface area contributed by atoms with E-state index in [2.05, 4.69) is 4.99 Å². The van der Waals surface area contributed by atoms with Crippen LogP contribution in [-0.4, -0.2) is 11.9 Å². The maximum Gasteiger partial charge on any atom is 0.432 e. The predicted octanol–water partition coefficient (Wildman–Crippen LogP) is 2.93. The first-order valence-corrected chi connectivity index (χ1v) is 3.13. The molecule has 0 bridgehead atoms. The number of hydrogen-bond acceptors (Lipinski definition) is 1. The van der Waals surface area contributed by atoms with Crippen molar-refractivity contribution in [3.05, 3.63) is 11.8 Å². The van der Waals surface area contributed by atoms with Crippen LogP contribution in [0, 0.1) is 0 Å². The quantitative estimate of drug-likeness (QED) is 0.530. The van der Waals surface area contributed by atoms with E-state index in [4.69, 9.17) is 0 Å². The highest BCUT2D eigenvalue weighted by molar-refractivity contribution is 5.80. The molecule has 0 aromatic heterocycles. The molecule has 4 heteroatoms. The summed E-state index contributed by atoms with van der Waals surface area (Å²) in [5.74, 6) is 0. The Balaban J connectivity index is 4.60. The Bertz CT molecular complexity index is 184. The third-order valence-corrected chi connectivity index (χ3v) is 0.908. The van der Waals surface area contributed by atoms with Crippen LogP contribution in [0.1, 0.15) is 20.8 Å². The van der Waals surface area contributed by atoms with Gasteiger partial charge in [-0.2, -0.15) is 13.2 Å². The van der Waals surface area contributed by atoms with Gasteiger partial charge in [0.2, 0.25) is 0 Å². The molecule has 0 saturated heterocycles. The minimum Gasteiger partial charge on any atom is -0.254 e. The van der Waals surface area contributed by atoms with Gasteiger partial charge in [-0.3, -0.25) is 4.99 Å². The summed E-state index contributed by atoms with van der Waals surface area (Å²) in [5.41, 5.74) is -0.437. The number of halogens is 3. The summed E-state index contributed by atoms with van der Waals surface area (Å²) in [5, 5.41) is 0. The molecule has 0 N–H and O–H groups in total. The molecule has 0 heterocycles. The van der Waals surface area contributed by atoms with E-state index in [0.717, 1.165) is 6.08 Å². The van der Waals surface area contributed by atoms with Gasteiger partial charge in [-0.15, -0.1) is 0 Å². The van der Waals surface area contributed by atoms with Gasteiger partial charge in [0.05, 0.1) is 0 Å². The van der Waals surface area contributed by atoms with E-state index in [1.807, 2.05) is 0 Å². The molecular weight excluding hydrogens is 155 g/mol. The summed E-state index contributed by atoms with van der Waals surface area (Å²) in [7, 11) is 0. The van der Waals surface area contributed by atoms with Crippen molar-refractivity contribution >= 4 is 5.71 Å². The van der Waals surface area contributed by atoms with Gasteiger partial charge >= 0.3 is 6.18 Å². The Morgan fingerprint density at radius 2 is 1.73 bits per heavy atom. The van der Waals surface area contributed by atoms with Crippen LogP contribution in [-0.2, 0) is 0 Å². The van der Waals surface area contributed by atoms with Gasteiger partial charge in [0.15, 0.2) is 0 Å². The van der Waals surface area contributed by atoms with E-state index >= 15 is 0 Å². The van der Waals surface area contributed by atoms with Crippen molar-refractivity contribution in [1.29, 1.82) is 0 Å². The largest absolute Gasteiger partial charge is 0.432 e. The van der Waals surface area contributed by atoms with Crippen molar-refractivity contribution in [2.75, 3.05) is 0 Å². The Kier molecular flexibility index (Phi) is 3.29. The number of allylic oxidation sites excluding steroid dienone is 2. The first-order chi connectivity index (χ1) is 4.88. The summed E-state index contributed by atoms with van der Waals surface area (Å²) < 4.78 is 35.7. The second-order valence-electron chi connectivity index (χ2n) is 2.23. The number of aliphatic imine (C=N–C) groups is 1. The van der Waals surface area contributed by atoms with E-state index < -0.39 is 11.9 Å². The zero-order valence-corrected chi connectivity index (χ0v) is 6.66. The van der Waals surface area contributed by atoms with E-state index in [1.165, 1.54) is 20.8 Å². The van der Waals surface area contributed by atoms with Gasteiger partial charge in [-0.1, -0.05) is 6.08 Å². The predicted molar refractivity (Wildman–Crippen MR) is 38.6 cm³/mol. The lowest BCUT2D eigenvalue weighted by molar-refractivity contribution is -0.0924. The lowest BCUT2D eigenvalue weighted by Crippen LogP contribution is -2.10. The van der Waals surface area contributed by atoms with Gasteiger partial charge in [0.1, 0.15) is 5.70 Å². The standard InChI is InChI=1S/C7H10F3N/c1-4-6(7(8,9)10)11-5(2)3/h4H,1-3H3. The highest BCUT2D eigenvalue weighted by atomic mass is 19.4. The first-order valence-electron chi connectivity index (χ1n) is 3.13. The number of hydrogen-bond donors (Lipinski definition) is 0. The minimum atomic E-state index is -4.33. The van der Waals surface area contributed by atoms with Crippen LogP contribution in [0.25, 0.3) is 0 Å². The third-order valence-electron chi connectivity index (χ3n) is 0.908. The smallest absolute Gasteiger partial charge is 0.254 e. The van der Waals surface area contributed by atoms with E-state index in [0.29, 0.717) is 5.71 Å². The van der Waals surface area contributed by atoms with Crippen LogP contribution in [0.2, 0.25) is 0 Å². The lowest BCUT2D eigenvalue weighted by Gasteiger charge is -2.05. The minimum absolute atomic E-state index is 0.399. The molecule has 0 rings (SSSR count). The first kappa shape index (κ1) is 10.2. The Morgan fingerprint density at radius 1 is 1.27 bits per heavy atom. The molecule has 0 unspecified atom stereocenters. The highest BCUT2D eigenvalue weighted by Gasteiger charge is 2.32. The SMILES string of the molecule is CC=C(N=C(C)C)C(F)(F)F. The second kappa shape index (κ2) is 3.55. The summed E-state index contributed by atoms with van der Waals surface area (Å²) >= 11 is 0. The van der Waals surface area contributed by atoms with Crippen LogP contribution in [0.5, 0.6) is 0 Å².